The van der Waals surface area contributed by atoms with Crippen LogP contribution in [0.5, 0.6) is 5.75 Å². The van der Waals surface area contributed by atoms with Crippen LogP contribution in [-0.4, -0.2) is 22.9 Å². The van der Waals surface area contributed by atoms with Gasteiger partial charge in [0.1, 0.15) is 5.75 Å². The Hall–Kier alpha value is -2.89. The standard InChI is InChI=1S/C20H23N3O3/c1-13(2)26-16-7-5-15(6-8-16)23-20(25)18-10-17(18)19(24)22-12-14-4-3-9-21-11-14/h3-9,11,13,17-18H,10,12H2,1-2H3,(H,22,24)(H,23,25). The minimum absolute atomic E-state index is 0.0883. The predicted molar refractivity (Wildman–Crippen MR) is 98.5 cm³/mol. The van der Waals surface area contributed by atoms with E-state index in [-0.39, 0.29) is 29.8 Å². The maximum absolute atomic E-state index is 12.3. The van der Waals surface area contributed by atoms with Gasteiger partial charge >= 0.3 is 0 Å². The maximum atomic E-state index is 12.3. The summed E-state index contributed by atoms with van der Waals surface area (Å²) in [4.78, 5) is 28.5. The van der Waals surface area contributed by atoms with E-state index in [1.807, 2.05) is 38.1 Å². The monoisotopic (exact) mass is 353 g/mol. The number of nitrogens with one attached hydrogen (secondary N) is 2. The van der Waals surface area contributed by atoms with Crippen molar-refractivity contribution in [2.24, 2.45) is 11.8 Å². The predicted octanol–water partition coefficient (Wildman–Crippen LogP) is 2.76. The third kappa shape index (κ3) is 4.81. The van der Waals surface area contributed by atoms with Crippen LogP contribution in [0.1, 0.15) is 25.8 Å². The average Bonchev–Trinajstić information content (AvgIpc) is 3.43. The number of rotatable bonds is 7. The molecule has 1 aliphatic carbocycles. The van der Waals surface area contributed by atoms with Crippen LogP contribution in [0.4, 0.5) is 5.69 Å². The molecule has 0 radical (unpaired) electrons. The van der Waals surface area contributed by atoms with Gasteiger partial charge in [-0.2, -0.15) is 0 Å². The second kappa shape index (κ2) is 7.99. The zero-order valence-electron chi connectivity index (χ0n) is 14.9. The van der Waals surface area contributed by atoms with Crippen molar-refractivity contribution in [2.45, 2.75) is 32.9 Å². The Morgan fingerprint density at radius 3 is 2.54 bits per heavy atom. The average molecular weight is 353 g/mol. The zero-order chi connectivity index (χ0) is 18.5. The molecule has 2 aromatic rings. The van der Waals surface area contributed by atoms with E-state index < -0.39 is 0 Å². The highest BCUT2D eigenvalue weighted by Crippen LogP contribution is 2.39. The lowest BCUT2D eigenvalue weighted by atomic mass is 10.2. The topological polar surface area (TPSA) is 80.3 Å². The van der Waals surface area contributed by atoms with Crippen LogP contribution in [0, 0.1) is 11.8 Å². The third-order valence-corrected chi connectivity index (χ3v) is 4.15. The number of anilines is 1. The van der Waals surface area contributed by atoms with Gasteiger partial charge in [0.15, 0.2) is 0 Å². The van der Waals surface area contributed by atoms with Crippen molar-refractivity contribution in [3.63, 3.8) is 0 Å². The quantitative estimate of drug-likeness (QED) is 0.802. The fraction of sp³-hybridized carbons (Fsp3) is 0.350. The Bertz CT molecular complexity index is 760. The second-order valence-electron chi connectivity index (χ2n) is 6.71. The highest BCUT2D eigenvalue weighted by molar-refractivity contribution is 5.99. The summed E-state index contributed by atoms with van der Waals surface area (Å²) in [5, 5.41) is 5.72. The molecule has 1 fully saturated rings. The fourth-order valence-corrected chi connectivity index (χ4v) is 2.72. The minimum Gasteiger partial charge on any atom is -0.491 e. The van der Waals surface area contributed by atoms with Crippen LogP contribution in [0.25, 0.3) is 0 Å². The summed E-state index contributed by atoms with van der Waals surface area (Å²) >= 11 is 0. The molecule has 0 spiro atoms. The first-order chi connectivity index (χ1) is 12.5. The van der Waals surface area contributed by atoms with E-state index in [0.717, 1.165) is 11.3 Å². The van der Waals surface area contributed by atoms with Gasteiger partial charge in [0.25, 0.3) is 0 Å². The Morgan fingerprint density at radius 1 is 1.15 bits per heavy atom. The van der Waals surface area contributed by atoms with Crippen molar-refractivity contribution in [2.75, 3.05) is 5.32 Å². The highest BCUT2D eigenvalue weighted by Gasteiger charge is 2.47. The van der Waals surface area contributed by atoms with Crippen molar-refractivity contribution in [1.82, 2.24) is 10.3 Å². The van der Waals surface area contributed by atoms with Gasteiger partial charge in [0.2, 0.25) is 11.8 Å². The molecule has 1 aliphatic rings. The van der Waals surface area contributed by atoms with E-state index in [9.17, 15) is 9.59 Å². The molecule has 2 amide bonds. The number of hydrogen-bond donors (Lipinski definition) is 2. The van der Waals surface area contributed by atoms with Crippen LogP contribution in [-0.2, 0) is 16.1 Å². The van der Waals surface area contributed by atoms with Gasteiger partial charge in [-0.15, -0.1) is 0 Å². The van der Waals surface area contributed by atoms with E-state index in [4.69, 9.17) is 4.74 Å². The van der Waals surface area contributed by atoms with E-state index in [2.05, 4.69) is 15.6 Å². The van der Waals surface area contributed by atoms with Gasteiger partial charge in [0, 0.05) is 24.6 Å². The van der Waals surface area contributed by atoms with Crippen molar-refractivity contribution in [3.05, 3.63) is 54.4 Å². The molecule has 1 saturated carbocycles. The molecular formula is C20H23N3O3. The van der Waals surface area contributed by atoms with Gasteiger partial charge in [-0.25, -0.2) is 0 Å². The normalized spacial score (nSPS) is 18.3. The van der Waals surface area contributed by atoms with Crippen LogP contribution in [0.3, 0.4) is 0 Å². The molecule has 26 heavy (non-hydrogen) atoms. The SMILES string of the molecule is CC(C)Oc1ccc(NC(=O)C2CC2C(=O)NCc2cccnc2)cc1. The Morgan fingerprint density at radius 2 is 1.88 bits per heavy atom. The third-order valence-electron chi connectivity index (χ3n) is 4.15. The van der Waals surface area contributed by atoms with E-state index in [1.54, 1.807) is 24.5 Å². The van der Waals surface area contributed by atoms with E-state index >= 15 is 0 Å². The number of benzene rings is 1. The zero-order valence-corrected chi connectivity index (χ0v) is 14.9. The number of ether oxygens (including phenoxy) is 1. The van der Waals surface area contributed by atoms with Gasteiger partial charge in [-0.3, -0.25) is 14.6 Å². The summed E-state index contributed by atoms with van der Waals surface area (Å²) in [6.45, 7) is 4.35. The van der Waals surface area contributed by atoms with Crippen molar-refractivity contribution in [1.29, 1.82) is 0 Å². The molecule has 3 rings (SSSR count). The van der Waals surface area contributed by atoms with Gasteiger partial charge < -0.3 is 15.4 Å². The Labute approximate surface area is 153 Å². The molecule has 0 aliphatic heterocycles. The molecule has 2 unspecified atom stereocenters. The number of aromatic nitrogens is 1. The van der Waals surface area contributed by atoms with Crippen LogP contribution in [0.15, 0.2) is 48.8 Å². The first-order valence-electron chi connectivity index (χ1n) is 8.77. The van der Waals surface area contributed by atoms with E-state index in [0.29, 0.717) is 18.7 Å². The molecule has 0 bridgehead atoms. The first-order valence-corrected chi connectivity index (χ1v) is 8.77. The Kier molecular flexibility index (Phi) is 5.51. The van der Waals surface area contributed by atoms with Crippen LogP contribution < -0.4 is 15.4 Å². The summed E-state index contributed by atoms with van der Waals surface area (Å²) in [6, 6.07) is 11.0. The number of amides is 2. The lowest BCUT2D eigenvalue weighted by Crippen LogP contribution is -2.27. The largest absolute Gasteiger partial charge is 0.491 e. The molecular weight excluding hydrogens is 330 g/mol. The number of hydrogen-bond acceptors (Lipinski definition) is 4. The molecule has 1 aromatic carbocycles. The van der Waals surface area contributed by atoms with Gasteiger partial charge in [0.05, 0.1) is 17.9 Å². The van der Waals surface area contributed by atoms with Crippen LogP contribution >= 0.6 is 0 Å². The maximum Gasteiger partial charge on any atom is 0.228 e. The van der Waals surface area contributed by atoms with Crippen molar-refractivity contribution in [3.8, 4) is 5.75 Å². The number of carbonyl (C=O) groups excluding carboxylic acids is 2. The molecule has 6 heteroatoms. The molecule has 136 valence electrons. The van der Waals surface area contributed by atoms with Crippen molar-refractivity contribution >= 4 is 17.5 Å². The molecule has 2 atom stereocenters. The molecule has 1 aromatic heterocycles. The summed E-state index contributed by atoms with van der Waals surface area (Å²) in [5.74, 6) is 0.0292. The second-order valence-corrected chi connectivity index (χ2v) is 6.71. The van der Waals surface area contributed by atoms with Gasteiger partial charge in [-0.05, 0) is 56.2 Å². The van der Waals surface area contributed by atoms with Gasteiger partial charge in [-0.1, -0.05) is 6.07 Å². The number of carbonyl (C=O) groups is 2. The highest BCUT2D eigenvalue weighted by atomic mass is 16.5. The smallest absolute Gasteiger partial charge is 0.228 e. The molecule has 0 saturated heterocycles. The summed E-state index contributed by atoms with van der Waals surface area (Å²) in [7, 11) is 0. The summed E-state index contributed by atoms with van der Waals surface area (Å²) in [6.07, 6.45) is 4.09. The first kappa shape index (κ1) is 17.9. The minimum atomic E-state index is -0.268. The lowest BCUT2D eigenvalue weighted by Gasteiger charge is -2.10. The number of nitrogens with zero attached hydrogens (tertiary/aromatic N) is 1. The van der Waals surface area contributed by atoms with E-state index in [1.165, 1.54) is 0 Å². The van der Waals surface area contributed by atoms with Crippen LogP contribution in [0.2, 0.25) is 0 Å². The fourth-order valence-electron chi connectivity index (χ4n) is 2.72. The molecule has 6 nitrogen and oxygen atoms in total. The molecule has 2 N–H and O–H groups in total. The van der Waals surface area contributed by atoms with Crippen molar-refractivity contribution < 1.29 is 14.3 Å². The Balaban J connectivity index is 1.45. The summed E-state index contributed by atoms with van der Waals surface area (Å²) < 4.78 is 5.58. The summed E-state index contributed by atoms with van der Waals surface area (Å²) in [5.41, 5.74) is 1.64. The molecule has 1 heterocycles. The number of pyridine rings is 1. The lowest BCUT2D eigenvalue weighted by molar-refractivity contribution is -0.125.